The molecule has 5 heteroatoms. The fraction of sp³-hybridized carbons (Fsp3) is 0.333. The first-order valence-corrected chi connectivity index (χ1v) is 5.23. The van der Waals surface area contributed by atoms with Gasteiger partial charge in [0.2, 0.25) is 5.91 Å². The van der Waals surface area contributed by atoms with Crippen LogP contribution in [0.4, 0.5) is 4.39 Å². The zero-order valence-electron chi connectivity index (χ0n) is 9.53. The van der Waals surface area contributed by atoms with E-state index in [4.69, 9.17) is 11.0 Å². The first kappa shape index (κ1) is 13.1. The molecule has 0 saturated carbocycles. The number of amides is 1. The van der Waals surface area contributed by atoms with Gasteiger partial charge in [0.25, 0.3) is 0 Å². The molecule has 1 amide bonds. The molecule has 4 nitrogen and oxygen atoms in total. The lowest BCUT2D eigenvalue weighted by atomic mass is 10.1. The Morgan fingerprint density at radius 3 is 2.94 bits per heavy atom. The lowest BCUT2D eigenvalue weighted by Crippen LogP contribution is -2.30. The van der Waals surface area contributed by atoms with Crippen LogP contribution < -0.4 is 11.1 Å². The van der Waals surface area contributed by atoms with E-state index in [1.54, 1.807) is 25.1 Å². The number of carbonyl (C=O) groups is 1. The molecule has 0 bridgehead atoms. The highest BCUT2D eigenvalue weighted by molar-refractivity contribution is 5.74. The largest absolute Gasteiger partial charge is 0.370 e. The van der Waals surface area contributed by atoms with Crippen LogP contribution in [-0.4, -0.2) is 11.9 Å². The number of hydrogen-bond donors (Lipinski definition) is 2. The average molecular weight is 235 g/mol. The predicted octanol–water partition coefficient (Wildman–Crippen LogP) is 1.05. The maximum absolute atomic E-state index is 13.6. The van der Waals surface area contributed by atoms with E-state index in [1.807, 2.05) is 0 Å². The first-order valence-electron chi connectivity index (χ1n) is 5.23. The lowest BCUT2D eigenvalue weighted by Gasteiger charge is -2.12. The lowest BCUT2D eigenvalue weighted by molar-refractivity contribution is -0.118. The smallest absolute Gasteiger partial charge is 0.218 e. The molecule has 17 heavy (non-hydrogen) atoms. The maximum atomic E-state index is 13.6. The zero-order valence-corrected chi connectivity index (χ0v) is 9.53. The van der Waals surface area contributed by atoms with Crippen LogP contribution in [0.3, 0.4) is 0 Å². The number of benzene rings is 1. The van der Waals surface area contributed by atoms with E-state index in [-0.39, 0.29) is 24.6 Å². The van der Waals surface area contributed by atoms with Crippen LogP contribution in [0.25, 0.3) is 0 Å². The van der Waals surface area contributed by atoms with E-state index in [1.165, 1.54) is 6.07 Å². The number of carbonyl (C=O) groups excluding carboxylic acids is 1. The fourth-order valence-electron chi connectivity index (χ4n) is 1.46. The molecule has 0 heterocycles. The third-order valence-electron chi connectivity index (χ3n) is 2.35. The van der Waals surface area contributed by atoms with Gasteiger partial charge >= 0.3 is 0 Å². The Morgan fingerprint density at radius 1 is 1.65 bits per heavy atom. The molecule has 0 fully saturated rings. The second-order valence-corrected chi connectivity index (χ2v) is 3.84. The van der Waals surface area contributed by atoms with Crippen molar-refractivity contribution in [3.05, 3.63) is 35.1 Å². The molecule has 1 atom stereocenters. The second-order valence-electron chi connectivity index (χ2n) is 3.84. The highest BCUT2D eigenvalue weighted by Crippen LogP contribution is 2.12. The summed E-state index contributed by atoms with van der Waals surface area (Å²) in [6.45, 7) is 2.05. The third kappa shape index (κ3) is 3.85. The van der Waals surface area contributed by atoms with Crippen molar-refractivity contribution >= 4 is 5.91 Å². The Balaban J connectivity index is 2.64. The minimum absolute atomic E-state index is 0.0202. The Hall–Kier alpha value is -1.93. The molecule has 0 radical (unpaired) electrons. The quantitative estimate of drug-likeness (QED) is 0.800. The van der Waals surface area contributed by atoms with Crippen LogP contribution in [0.2, 0.25) is 0 Å². The van der Waals surface area contributed by atoms with Crippen molar-refractivity contribution in [3.8, 4) is 6.07 Å². The summed E-state index contributed by atoms with van der Waals surface area (Å²) in [4.78, 5) is 10.7. The Morgan fingerprint density at radius 2 is 2.35 bits per heavy atom. The van der Waals surface area contributed by atoms with Gasteiger partial charge in [-0.2, -0.15) is 5.26 Å². The monoisotopic (exact) mass is 235 g/mol. The molecule has 1 aromatic rings. The van der Waals surface area contributed by atoms with Crippen LogP contribution in [0.1, 0.15) is 24.5 Å². The molecule has 1 rings (SSSR count). The Labute approximate surface area is 99.2 Å². The molecular weight excluding hydrogens is 221 g/mol. The number of hydrogen-bond acceptors (Lipinski definition) is 3. The van der Waals surface area contributed by atoms with Crippen molar-refractivity contribution in [1.29, 1.82) is 5.26 Å². The van der Waals surface area contributed by atoms with Gasteiger partial charge in [-0.05, 0) is 13.0 Å². The van der Waals surface area contributed by atoms with Crippen molar-refractivity contribution < 1.29 is 9.18 Å². The van der Waals surface area contributed by atoms with Gasteiger partial charge in [-0.1, -0.05) is 12.1 Å². The molecule has 0 aromatic heterocycles. The van der Waals surface area contributed by atoms with Gasteiger partial charge in [-0.3, -0.25) is 4.79 Å². The maximum Gasteiger partial charge on any atom is 0.218 e. The Bertz CT molecular complexity index is 454. The number of rotatable bonds is 5. The van der Waals surface area contributed by atoms with E-state index < -0.39 is 11.7 Å². The molecule has 1 unspecified atom stereocenters. The van der Waals surface area contributed by atoms with E-state index in [2.05, 4.69) is 5.32 Å². The Kier molecular flexibility index (Phi) is 4.61. The van der Waals surface area contributed by atoms with Crippen molar-refractivity contribution in [2.75, 3.05) is 0 Å². The van der Waals surface area contributed by atoms with Crippen LogP contribution >= 0.6 is 0 Å². The van der Waals surface area contributed by atoms with Gasteiger partial charge in [0.15, 0.2) is 0 Å². The molecular formula is C12H14FN3O. The normalized spacial score (nSPS) is 11.8. The second kappa shape index (κ2) is 5.97. The average Bonchev–Trinajstić information content (AvgIpc) is 2.27. The highest BCUT2D eigenvalue weighted by Gasteiger charge is 2.09. The molecule has 0 spiro atoms. The molecule has 1 aromatic carbocycles. The van der Waals surface area contributed by atoms with Crippen molar-refractivity contribution in [1.82, 2.24) is 5.32 Å². The summed E-state index contributed by atoms with van der Waals surface area (Å²) in [5.74, 6) is -0.926. The summed E-state index contributed by atoms with van der Waals surface area (Å²) in [6.07, 6.45) is 0.194. The van der Waals surface area contributed by atoms with E-state index in [0.717, 1.165) is 0 Å². The summed E-state index contributed by atoms with van der Waals surface area (Å²) in [5.41, 5.74) is 5.47. The number of nitrogens with one attached hydrogen (secondary N) is 1. The number of nitrogens with two attached hydrogens (primary N) is 1. The number of primary amides is 1. The van der Waals surface area contributed by atoms with Gasteiger partial charge in [-0.15, -0.1) is 0 Å². The van der Waals surface area contributed by atoms with Crippen LogP contribution in [0.5, 0.6) is 0 Å². The molecule has 0 saturated heterocycles. The van der Waals surface area contributed by atoms with Gasteiger partial charge < -0.3 is 11.1 Å². The SMILES string of the molecule is CC(CC(N)=O)NCc1cccc(C#N)c1F. The first-order chi connectivity index (χ1) is 8.04. The molecule has 0 aliphatic heterocycles. The van der Waals surface area contributed by atoms with Crippen LogP contribution in [0.15, 0.2) is 18.2 Å². The van der Waals surface area contributed by atoms with Crippen molar-refractivity contribution in [2.24, 2.45) is 5.73 Å². The van der Waals surface area contributed by atoms with Gasteiger partial charge in [0.05, 0.1) is 5.56 Å². The van der Waals surface area contributed by atoms with Crippen molar-refractivity contribution in [3.63, 3.8) is 0 Å². The van der Waals surface area contributed by atoms with Gasteiger partial charge in [-0.25, -0.2) is 4.39 Å². The number of nitriles is 1. The molecule has 0 aliphatic rings. The highest BCUT2D eigenvalue weighted by atomic mass is 19.1. The molecule has 0 aliphatic carbocycles. The van der Waals surface area contributed by atoms with Crippen LogP contribution in [-0.2, 0) is 11.3 Å². The summed E-state index contributed by atoms with van der Waals surface area (Å²) in [6, 6.07) is 6.29. The standard InChI is InChI=1S/C12H14FN3O/c1-8(5-11(15)17)16-7-10-4-2-3-9(6-14)12(10)13/h2-4,8,16H,5,7H2,1H3,(H2,15,17). The van der Waals surface area contributed by atoms with E-state index in [9.17, 15) is 9.18 Å². The summed E-state index contributed by atoms with van der Waals surface area (Å²) >= 11 is 0. The van der Waals surface area contributed by atoms with Gasteiger partial charge in [0, 0.05) is 24.6 Å². The summed E-state index contributed by atoms with van der Waals surface area (Å²) in [5, 5.41) is 11.6. The third-order valence-corrected chi connectivity index (χ3v) is 2.35. The van der Waals surface area contributed by atoms with Crippen molar-refractivity contribution in [2.45, 2.75) is 25.9 Å². The zero-order chi connectivity index (χ0) is 12.8. The molecule has 3 N–H and O–H groups in total. The summed E-state index contributed by atoms with van der Waals surface area (Å²) < 4.78 is 13.6. The number of nitrogens with zero attached hydrogens (tertiary/aromatic N) is 1. The van der Waals surface area contributed by atoms with Crippen LogP contribution in [0, 0.1) is 17.1 Å². The number of halogens is 1. The van der Waals surface area contributed by atoms with E-state index >= 15 is 0 Å². The topological polar surface area (TPSA) is 78.9 Å². The minimum Gasteiger partial charge on any atom is -0.370 e. The van der Waals surface area contributed by atoms with Gasteiger partial charge in [0.1, 0.15) is 11.9 Å². The summed E-state index contributed by atoms with van der Waals surface area (Å²) in [7, 11) is 0. The minimum atomic E-state index is -0.520. The fourth-order valence-corrected chi connectivity index (χ4v) is 1.46. The molecule has 90 valence electrons. The predicted molar refractivity (Wildman–Crippen MR) is 61.2 cm³/mol. The van der Waals surface area contributed by atoms with E-state index in [0.29, 0.717) is 5.56 Å².